The van der Waals surface area contributed by atoms with Gasteiger partial charge in [-0.15, -0.1) is 21.5 Å². The third-order valence-corrected chi connectivity index (χ3v) is 6.09. The van der Waals surface area contributed by atoms with E-state index in [4.69, 9.17) is 11.6 Å². The molecule has 25 heavy (non-hydrogen) atoms. The Kier molecular flexibility index (Phi) is 4.62. The van der Waals surface area contributed by atoms with Crippen molar-refractivity contribution in [2.45, 2.75) is 24.0 Å². The SMILES string of the molecule is O=C(CSc1nnc(-c2ccccc2F)n1C1CC1)c1ccc(Cl)s1. The monoisotopic (exact) mass is 393 g/mol. The first kappa shape index (κ1) is 16.8. The van der Waals surface area contributed by atoms with Crippen molar-refractivity contribution in [3.63, 3.8) is 0 Å². The lowest BCUT2D eigenvalue weighted by molar-refractivity contribution is 0.102. The number of nitrogens with zero attached hydrogens (tertiary/aromatic N) is 3. The summed E-state index contributed by atoms with van der Waals surface area (Å²) in [6.07, 6.45) is 2.03. The second kappa shape index (κ2) is 6.90. The van der Waals surface area contributed by atoms with Crippen molar-refractivity contribution in [1.29, 1.82) is 0 Å². The number of thioether (sulfide) groups is 1. The third kappa shape index (κ3) is 3.49. The molecule has 4 nitrogen and oxygen atoms in total. The van der Waals surface area contributed by atoms with E-state index in [2.05, 4.69) is 10.2 Å². The van der Waals surface area contributed by atoms with Crippen LogP contribution < -0.4 is 0 Å². The van der Waals surface area contributed by atoms with Gasteiger partial charge in [-0.05, 0) is 37.1 Å². The molecule has 0 radical (unpaired) electrons. The van der Waals surface area contributed by atoms with Gasteiger partial charge in [-0.3, -0.25) is 9.36 Å². The fourth-order valence-corrected chi connectivity index (χ4v) is 4.49. The van der Waals surface area contributed by atoms with E-state index < -0.39 is 0 Å². The number of halogens is 2. The molecule has 2 aromatic heterocycles. The molecule has 2 heterocycles. The Morgan fingerprint density at radius 2 is 2.08 bits per heavy atom. The van der Waals surface area contributed by atoms with Crippen LogP contribution in [0.5, 0.6) is 0 Å². The van der Waals surface area contributed by atoms with E-state index in [0.717, 1.165) is 12.8 Å². The van der Waals surface area contributed by atoms with Gasteiger partial charge in [-0.2, -0.15) is 0 Å². The Labute approximate surface area is 157 Å². The second-order valence-electron chi connectivity index (χ2n) is 5.70. The number of hydrogen-bond donors (Lipinski definition) is 0. The average Bonchev–Trinajstić information content (AvgIpc) is 3.21. The van der Waals surface area contributed by atoms with Gasteiger partial charge in [0.15, 0.2) is 16.8 Å². The largest absolute Gasteiger partial charge is 0.299 e. The molecule has 0 unspecified atom stereocenters. The molecule has 3 aromatic rings. The molecule has 1 saturated carbocycles. The minimum Gasteiger partial charge on any atom is -0.299 e. The zero-order valence-corrected chi connectivity index (χ0v) is 15.4. The van der Waals surface area contributed by atoms with Crippen molar-refractivity contribution in [3.8, 4) is 11.4 Å². The summed E-state index contributed by atoms with van der Waals surface area (Å²) in [6, 6.07) is 10.3. The minimum atomic E-state index is -0.322. The van der Waals surface area contributed by atoms with Crippen molar-refractivity contribution in [3.05, 3.63) is 51.4 Å². The number of carbonyl (C=O) groups is 1. The number of aromatic nitrogens is 3. The van der Waals surface area contributed by atoms with Crippen LogP contribution >= 0.6 is 34.7 Å². The van der Waals surface area contributed by atoms with E-state index in [1.54, 1.807) is 30.3 Å². The zero-order chi connectivity index (χ0) is 17.4. The lowest BCUT2D eigenvalue weighted by Crippen LogP contribution is -2.04. The van der Waals surface area contributed by atoms with Gasteiger partial charge >= 0.3 is 0 Å². The summed E-state index contributed by atoms with van der Waals surface area (Å²) in [4.78, 5) is 12.9. The van der Waals surface area contributed by atoms with Crippen LogP contribution in [0.2, 0.25) is 4.34 Å². The third-order valence-electron chi connectivity index (χ3n) is 3.87. The number of rotatable bonds is 6. The van der Waals surface area contributed by atoms with Gasteiger partial charge in [0.25, 0.3) is 0 Å². The number of thiophene rings is 1. The Hall–Kier alpha value is -1.70. The van der Waals surface area contributed by atoms with Crippen molar-refractivity contribution in [2.24, 2.45) is 0 Å². The van der Waals surface area contributed by atoms with E-state index in [0.29, 0.717) is 25.8 Å². The number of carbonyl (C=O) groups excluding carboxylic acids is 1. The number of hydrogen-bond acceptors (Lipinski definition) is 5. The standard InChI is InChI=1S/C17H13ClFN3OS2/c18-15-8-7-14(25-15)13(23)9-24-17-21-20-16(22(17)10-5-6-10)11-3-1-2-4-12(11)19/h1-4,7-8,10H,5-6,9H2. The molecule has 1 aliphatic rings. The molecule has 0 aliphatic heterocycles. The van der Waals surface area contributed by atoms with Crippen LogP contribution in [-0.4, -0.2) is 26.3 Å². The summed E-state index contributed by atoms with van der Waals surface area (Å²) in [5, 5.41) is 9.04. The van der Waals surface area contributed by atoms with Gasteiger partial charge in [-0.25, -0.2) is 4.39 Å². The number of ketones is 1. The first-order valence-corrected chi connectivity index (χ1v) is 9.92. The number of benzene rings is 1. The second-order valence-corrected chi connectivity index (χ2v) is 8.36. The van der Waals surface area contributed by atoms with Gasteiger partial charge in [-0.1, -0.05) is 35.5 Å². The van der Waals surface area contributed by atoms with Crippen LogP contribution in [0.4, 0.5) is 4.39 Å². The minimum absolute atomic E-state index is 0.000288. The quantitative estimate of drug-likeness (QED) is 0.431. The smallest absolute Gasteiger partial charge is 0.192 e. The maximum Gasteiger partial charge on any atom is 0.192 e. The summed E-state index contributed by atoms with van der Waals surface area (Å²) in [5.74, 6) is 0.450. The van der Waals surface area contributed by atoms with Gasteiger partial charge in [0, 0.05) is 6.04 Å². The predicted octanol–water partition coefficient (Wildman–Crippen LogP) is 5.11. The van der Waals surface area contributed by atoms with Gasteiger partial charge in [0.1, 0.15) is 5.82 Å². The summed E-state index contributed by atoms with van der Waals surface area (Å²) in [5.41, 5.74) is 0.435. The molecule has 1 aromatic carbocycles. The Balaban J connectivity index is 1.58. The highest BCUT2D eigenvalue weighted by Gasteiger charge is 2.31. The Bertz CT molecular complexity index is 936. The molecule has 128 valence electrons. The molecule has 4 rings (SSSR count). The van der Waals surface area contributed by atoms with Crippen LogP contribution in [0.25, 0.3) is 11.4 Å². The van der Waals surface area contributed by atoms with Gasteiger partial charge in [0.2, 0.25) is 0 Å². The molecule has 8 heteroatoms. The highest BCUT2D eigenvalue weighted by Crippen LogP contribution is 2.41. The fourth-order valence-electron chi connectivity index (χ4n) is 2.53. The van der Waals surface area contributed by atoms with Gasteiger partial charge in [0.05, 0.1) is 20.5 Å². The zero-order valence-electron chi connectivity index (χ0n) is 13.0. The highest BCUT2D eigenvalue weighted by atomic mass is 35.5. The molecule has 0 atom stereocenters. The van der Waals surface area contributed by atoms with Crippen molar-refractivity contribution in [2.75, 3.05) is 5.75 Å². The molecular formula is C17H13ClFN3OS2. The van der Waals surface area contributed by atoms with Gasteiger partial charge < -0.3 is 0 Å². The molecule has 0 bridgehead atoms. The highest BCUT2D eigenvalue weighted by molar-refractivity contribution is 7.99. The molecule has 1 aliphatic carbocycles. The first-order valence-electron chi connectivity index (χ1n) is 7.74. The molecular weight excluding hydrogens is 381 g/mol. The molecule has 0 spiro atoms. The van der Waals surface area contributed by atoms with E-state index in [-0.39, 0.29) is 23.4 Å². The van der Waals surface area contributed by atoms with E-state index in [1.165, 1.54) is 29.2 Å². The van der Waals surface area contributed by atoms with Crippen molar-refractivity contribution in [1.82, 2.24) is 14.8 Å². The van der Waals surface area contributed by atoms with Crippen molar-refractivity contribution < 1.29 is 9.18 Å². The summed E-state index contributed by atoms with van der Waals surface area (Å²) < 4.78 is 16.7. The molecule has 0 N–H and O–H groups in total. The van der Waals surface area contributed by atoms with Crippen LogP contribution in [0, 0.1) is 5.82 Å². The maximum absolute atomic E-state index is 14.1. The Morgan fingerprint density at radius 1 is 1.28 bits per heavy atom. The van der Waals surface area contributed by atoms with E-state index in [9.17, 15) is 9.18 Å². The predicted molar refractivity (Wildman–Crippen MR) is 98.1 cm³/mol. The van der Waals surface area contributed by atoms with E-state index >= 15 is 0 Å². The topological polar surface area (TPSA) is 47.8 Å². The summed E-state index contributed by atoms with van der Waals surface area (Å²) in [7, 11) is 0. The van der Waals surface area contributed by atoms with Crippen LogP contribution in [0.15, 0.2) is 41.6 Å². The lowest BCUT2D eigenvalue weighted by Gasteiger charge is -2.09. The van der Waals surface area contributed by atoms with Crippen LogP contribution in [0.1, 0.15) is 28.6 Å². The first-order chi connectivity index (χ1) is 12.1. The molecule has 1 fully saturated rings. The average molecular weight is 394 g/mol. The van der Waals surface area contributed by atoms with Crippen molar-refractivity contribution >= 4 is 40.5 Å². The maximum atomic E-state index is 14.1. The number of Topliss-reactive ketones (excluding diaryl/α,β-unsaturated/α-hetero) is 1. The Morgan fingerprint density at radius 3 is 2.76 bits per heavy atom. The normalized spacial score (nSPS) is 14.0. The summed E-state index contributed by atoms with van der Waals surface area (Å²) in [6.45, 7) is 0. The van der Waals surface area contributed by atoms with Crippen LogP contribution in [0.3, 0.4) is 0 Å². The lowest BCUT2D eigenvalue weighted by atomic mass is 10.2. The summed E-state index contributed by atoms with van der Waals surface area (Å²) >= 11 is 8.48. The fraction of sp³-hybridized carbons (Fsp3) is 0.235. The molecule has 0 saturated heterocycles. The van der Waals surface area contributed by atoms with Crippen LogP contribution in [-0.2, 0) is 0 Å². The van der Waals surface area contributed by atoms with E-state index in [1.807, 2.05) is 4.57 Å². The molecule has 0 amide bonds.